The van der Waals surface area contributed by atoms with Crippen LogP contribution in [0.5, 0.6) is 0 Å². The SMILES string of the molecule is CNC(c1c(Cl)cnn1CCOC)C(C)(C)C. The summed E-state index contributed by atoms with van der Waals surface area (Å²) in [6.45, 7) is 7.88. The molecule has 0 fully saturated rings. The van der Waals surface area contributed by atoms with Crippen LogP contribution in [0.3, 0.4) is 0 Å². The fraction of sp³-hybridized carbons (Fsp3) is 0.750. The molecule has 17 heavy (non-hydrogen) atoms. The molecule has 1 heterocycles. The summed E-state index contributed by atoms with van der Waals surface area (Å²) >= 11 is 6.24. The third-order valence-corrected chi connectivity index (χ3v) is 3.06. The van der Waals surface area contributed by atoms with E-state index in [1.54, 1.807) is 13.3 Å². The third-order valence-electron chi connectivity index (χ3n) is 2.77. The van der Waals surface area contributed by atoms with Gasteiger partial charge in [-0.1, -0.05) is 32.4 Å². The topological polar surface area (TPSA) is 39.1 Å². The average Bonchev–Trinajstić information content (AvgIpc) is 2.57. The summed E-state index contributed by atoms with van der Waals surface area (Å²) in [5, 5.41) is 8.32. The summed E-state index contributed by atoms with van der Waals surface area (Å²) in [5.74, 6) is 0. The van der Waals surface area contributed by atoms with Crippen molar-refractivity contribution in [3.8, 4) is 0 Å². The summed E-state index contributed by atoms with van der Waals surface area (Å²) in [4.78, 5) is 0. The van der Waals surface area contributed by atoms with Gasteiger partial charge in [-0.15, -0.1) is 0 Å². The van der Waals surface area contributed by atoms with Crippen molar-refractivity contribution in [2.75, 3.05) is 20.8 Å². The summed E-state index contributed by atoms with van der Waals surface area (Å²) < 4.78 is 7.00. The van der Waals surface area contributed by atoms with Crippen LogP contribution in [0.4, 0.5) is 0 Å². The number of nitrogens with one attached hydrogen (secondary N) is 1. The Morgan fingerprint density at radius 2 is 2.18 bits per heavy atom. The van der Waals surface area contributed by atoms with Gasteiger partial charge in [0, 0.05) is 7.11 Å². The molecule has 1 aromatic heterocycles. The second kappa shape index (κ2) is 5.85. The lowest BCUT2D eigenvalue weighted by Gasteiger charge is -2.31. The highest BCUT2D eigenvalue weighted by atomic mass is 35.5. The van der Waals surface area contributed by atoms with E-state index in [0.29, 0.717) is 18.2 Å². The molecule has 0 aromatic carbocycles. The lowest BCUT2D eigenvalue weighted by molar-refractivity contribution is 0.178. The van der Waals surface area contributed by atoms with Crippen molar-refractivity contribution in [2.45, 2.75) is 33.4 Å². The predicted octanol–water partition coefficient (Wildman–Crippen LogP) is 2.49. The highest BCUT2D eigenvalue weighted by molar-refractivity contribution is 6.31. The number of aromatic nitrogens is 2. The van der Waals surface area contributed by atoms with Gasteiger partial charge < -0.3 is 10.1 Å². The molecule has 1 unspecified atom stereocenters. The van der Waals surface area contributed by atoms with Crippen molar-refractivity contribution < 1.29 is 4.74 Å². The van der Waals surface area contributed by atoms with Crippen molar-refractivity contribution in [3.63, 3.8) is 0 Å². The number of rotatable bonds is 5. The number of halogens is 1. The average molecular weight is 260 g/mol. The molecule has 5 heteroatoms. The molecular weight excluding hydrogens is 238 g/mol. The summed E-state index contributed by atoms with van der Waals surface area (Å²) in [6.07, 6.45) is 1.70. The summed E-state index contributed by atoms with van der Waals surface area (Å²) in [6, 6.07) is 0.161. The normalized spacial score (nSPS) is 14.0. The maximum atomic E-state index is 6.24. The van der Waals surface area contributed by atoms with Crippen molar-refractivity contribution >= 4 is 11.6 Å². The lowest BCUT2D eigenvalue weighted by atomic mass is 9.85. The Bertz CT molecular complexity index is 357. The molecule has 0 aliphatic carbocycles. The fourth-order valence-corrected chi connectivity index (χ4v) is 2.25. The van der Waals surface area contributed by atoms with Gasteiger partial charge in [-0.05, 0) is 12.5 Å². The first-order valence-electron chi connectivity index (χ1n) is 5.79. The van der Waals surface area contributed by atoms with Crippen molar-refractivity contribution in [2.24, 2.45) is 5.41 Å². The molecule has 0 bridgehead atoms. The maximum Gasteiger partial charge on any atom is 0.0834 e. The monoisotopic (exact) mass is 259 g/mol. The minimum absolute atomic E-state index is 0.0727. The highest BCUT2D eigenvalue weighted by Gasteiger charge is 2.29. The molecule has 0 saturated heterocycles. The van der Waals surface area contributed by atoms with Gasteiger partial charge in [0.15, 0.2) is 0 Å². The van der Waals surface area contributed by atoms with Gasteiger partial charge >= 0.3 is 0 Å². The lowest BCUT2D eigenvalue weighted by Crippen LogP contribution is -2.32. The van der Waals surface area contributed by atoms with Crippen LogP contribution < -0.4 is 5.32 Å². The molecule has 1 atom stereocenters. The molecule has 0 aliphatic heterocycles. The van der Waals surface area contributed by atoms with Gasteiger partial charge in [0.25, 0.3) is 0 Å². The second-order valence-corrected chi connectivity index (χ2v) is 5.59. The largest absolute Gasteiger partial charge is 0.383 e. The zero-order valence-corrected chi connectivity index (χ0v) is 12.0. The van der Waals surface area contributed by atoms with E-state index in [9.17, 15) is 0 Å². The van der Waals surface area contributed by atoms with E-state index >= 15 is 0 Å². The molecule has 1 rings (SSSR count). The van der Waals surface area contributed by atoms with Crippen LogP contribution in [0, 0.1) is 5.41 Å². The molecule has 0 amide bonds. The van der Waals surface area contributed by atoms with Gasteiger partial charge in [0.1, 0.15) is 0 Å². The molecular formula is C12H22ClN3O. The Balaban J connectivity index is 3.05. The van der Waals surface area contributed by atoms with Gasteiger partial charge in [0.05, 0.1) is 36.1 Å². The minimum Gasteiger partial charge on any atom is -0.383 e. The van der Waals surface area contributed by atoms with Crippen LogP contribution >= 0.6 is 11.6 Å². The number of nitrogens with zero attached hydrogens (tertiary/aromatic N) is 2. The van der Waals surface area contributed by atoms with Crippen LogP contribution in [-0.2, 0) is 11.3 Å². The first-order chi connectivity index (χ1) is 7.91. The van der Waals surface area contributed by atoms with Crippen molar-refractivity contribution in [1.29, 1.82) is 0 Å². The van der Waals surface area contributed by atoms with Crippen LogP contribution in [-0.4, -0.2) is 30.5 Å². The number of hydrogen-bond acceptors (Lipinski definition) is 3. The van der Waals surface area contributed by atoms with Crippen LogP contribution in [0.2, 0.25) is 5.02 Å². The molecule has 0 spiro atoms. The Kier molecular flexibility index (Phi) is 4.98. The van der Waals surface area contributed by atoms with Crippen LogP contribution in [0.1, 0.15) is 32.5 Å². The summed E-state index contributed by atoms with van der Waals surface area (Å²) in [5.41, 5.74) is 1.10. The fourth-order valence-electron chi connectivity index (χ4n) is 1.99. The Morgan fingerprint density at radius 1 is 1.53 bits per heavy atom. The standard InChI is InChI=1S/C12H22ClN3O/c1-12(2,3)11(14-4)10-9(13)8-15-16(10)6-7-17-5/h8,11,14H,6-7H2,1-5H3. The minimum atomic E-state index is 0.0727. The van der Waals surface area contributed by atoms with Gasteiger partial charge in [-0.25, -0.2) is 0 Å². The van der Waals surface area contributed by atoms with E-state index < -0.39 is 0 Å². The van der Waals surface area contributed by atoms with E-state index in [4.69, 9.17) is 16.3 Å². The smallest absolute Gasteiger partial charge is 0.0834 e. The van der Waals surface area contributed by atoms with E-state index in [0.717, 1.165) is 5.69 Å². The molecule has 1 aromatic rings. The quantitative estimate of drug-likeness (QED) is 0.883. The number of ether oxygens (including phenoxy) is 1. The molecule has 0 saturated carbocycles. The van der Waals surface area contributed by atoms with Gasteiger partial charge in [-0.2, -0.15) is 5.10 Å². The van der Waals surface area contributed by atoms with Crippen molar-refractivity contribution in [1.82, 2.24) is 15.1 Å². The Morgan fingerprint density at radius 3 is 2.65 bits per heavy atom. The van der Waals surface area contributed by atoms with Gasteiger partial charge in [-0.3, -0.25) is 4.68 Å². The van der Waals surface area contributed by atoms with E-state index in [1.165, 1.54) is 0 Å². The Hall–Kier alpha value is -0.580. The second-order valence-electron chi connectivity index (χ2n) is 5.18. The van der Waals surface area contributed by atoms with E-state index in [-0.39, 0.29) is 11.5 Å². The highest BCUT2D eigenvalue weighted by Crippen LogP contribution is 2.35. The number of methoxy groups -OCH3 is 1. The van der Waals surface area contributed by atoms with E-state index in [1.807, 2.05) is 11.7 Å². The first kappa shape index (κ1) is 14.5. The molecule has 1 N–H and O–H groups in total. The Labute approximate surface area is 108 Å². The van der Waals surface area contributed by atoms with Crippen molar-refractivity contribution in [3.05, 3.63) is 16.9 Å². The molecule has 0 aliphatic rings. The van der Waals surface area contributed by atoms with Gasteiger partial charge in [0.2, 0.25) is 0 Å². The third kappa shape index (κ3) is 3.44. The van der Waals surface area contributed by atoms with Crippen LogP contribution in [0.25, 0.3) is 0 Å². The van der Waals surface area contributed by atoms with E-state index in [2.05, 4.69) is 31.2 Å². The zero-order valence-electron chi connectivity index (χ0n) is 11.2. The summed E-state index contributed by atoms with van der Waals surface area (Å²) in [7, 11) is 3.63. The van der Waals surface area contributed by atoms with Crippen LogP contribution in [0.15, 0.2) is 6.20 Å². The molecule has 98 valence electrons. The molecule has 0 radical (unpaired) electrons. The molecule has 4 nitrogen and oxygen atoms in total. The maximum absolute atomic E-state index is 6.24. The number of hydrogen-bond donors (Lipinski definition) is 1. The first-order valence-corrected chi connectivity index (χ1v) is 6.17. The predicted molar refractivity (Wildman–Crippen MR) is 70.4 cm³/mol. The zero-order chi connectivity index (χ0) is 13.1.